The summed E-state index contributed by atoms with van der Waals surface area (Å²) in [7, 11) is 3.13. The van der Waals surface area contributed by atoms with Gasteiger partial charge >= 0.3 is 0 Å². The summed E-state index contributed by atoms with van der Waals surface area (Å²) in [6, 6.07) is 0. The number of rotatable bonds is 3. The molecule has 1 rings (SSSR count). The molecule has 0 aromatic heterocycles. The van der Waals surface area contributed by atoms with Crippen molar-refractivity contribution in [3.63, 3.8) is 0 Å². The summed E-state index contributed by atoms with van der Waals surface area (Å²) in [5, 5.41) is 10.2. The minimum atomic E-state index is -0.789. The van der Waals surface area contributed by atoms with Gasteiger partial charge in [0, 0.05) is 0 Å². The third-order valence-electron chi connectivity index (χ3n) is 2.58. The van der Waals surface area contributed by atoms with E-state index >= 15 is 0 Å². The van der Waals surface area contributed by atoms with Crippen LogP contribution in [0, 0.1) is 0 Å². The number of aliphatic hydroxyl groups is 1. The van der Waals surface area contributed by atoms with Crippen LogP contribution < -0.4 is 0 Å². The van der Waals surface area contributed by atoms with E-state index < -0.39 is 5.60 Å². The Hall–Kier alpha value is -0.700. The number of methoxy groups -OCH3 is 2. The van der Waals surface area contributed by atoms with Crippen LogP contribution in [-0.2, 0) is 9.47 Å². The fourth-order valence-electron chi connectivity index (χ4n) is 1.84. The number of ether oxygens (including phenoxy) is 2. The van der Waals surface area contributed by atoms with Gasteiger partial charge in [-0.1, -0.05) is 19.3 Å². The first kappa shape index (κ1) is 10.4. The lowest BCUT2D eigenvalue weighted by Crippen LogP contribution is -2.34. The van der Waals surface area contributed by atoms with Gasteiger partial charge in [0.05, 0.1) is 14.2 Å². The first-order valence-corrected chi connectivity index (χ1v) is 4.73. The van der Waals surface area contributed by atoms with Crippen molar-refractivity contribution in [2.24, 2.45) is 0 Å². The third kappa shape index (κ3) is 2.37. The van der Waals surface area contributed by atoms with E-state index in [9.17, 15) is 5.11 Å². The van der Waals surface area contributed by atoms with Crippen LogP contribution in [0.2, 0.25) is 0 Å². The van der Waals surface area contributed by atoms with Gasteiger partial charge in [0.1, 0.15) is 11.9 Å². The minimum absolute atomic E-state index is 0.551. The zero-order valence-electron chi connectivity index (χ0n) is 8.38. The van der Waals surface area contributed by atoms with Crippen molar-refractivity contribution < 1.29 is 14.6 Å². The van der Waals surface area contributed by atoms with E-state index in [1.165, 1.54) is 12.7 Å². The average molecular weight is 186 g/mol. The van der Waals surface area contributed by atoms with Crippen molar-refractivity contribution in [1.29, 1.82) is 0 Å². The lowest BCUT2D eigenvalue weighted by molar-refractivity contribution is -0.0121. The maximum absolute atomic E-state index is 10.2. The Morgan fingerprint density at radius 3 is 2.31 bits per heavy atom. The zero-order valence-corrected chi connectivity index (χ0v) is 8.38. The summed E-state index contributed by atoms with van der Waals surface area (Å²) in [6.45, 7) is 0. The highest BCUT2D eigenvalue weighted by molar-refractivity contribution is 5.08. The van der Waals surface area contributed by atoms with Gasteiger partial charge in [-0.25, -0.2) is 0 Å². The van der Waals surface area contributed by atoms with Crippen LogP contribution in [0.1, 0.15) is 32.1 Å². The van der Waals surface area contributed by atoms with Gasteiger partial charge in [-0.15, -0.1) is 0 Å². The van der Waals surface area contributed by atoms with E-state index in [4.69, 9.17) is 9.47 Å². The van der Waals surface area contributed by atoms with Gasteiger partial charge in [0.2, 0.25) is 0 Å². The van der Waals surface area contributed by atoms with Crippen LogP contribution >= 0.6 is 0 Å². The molecule has 1 aliphatic carbocycles. The summed E-state index contributed by atoms with van der Waals surface area (Å²) in [5.74, 6) is 0.551. The molecular formula is C10H18O3. The van der Waals surface area contributed by atoms with Gasteiger partial charge in [-0.05, 0) is 12.8 Å². The Labute approximate surface area is 79.3 Å². The van der Waals surface area contributed by atoms with Gasteiger partial charge in [0.15, 0.2) is 5.76 Å². The molecule has 0 spiro atoms. The van der Waals surface area contributed by atoms with Crippen LogP contribution in [0.15, 0.2) is 12.0 Å². The predicted molar refractivity (Wildman–Crippen MR) is 50.1 cm³/mol. The van der Waals surface area contributed by atoms with Crippen molar-refractivity contribution in [3.8, 4) is 0 Å². The molecule has 13 heavy (non-hydrogen) atoms. The summed E-state index contributed by atoms with van der Waals surface area (Å²) < 4.78 is 9.99. The summed E-state index contributed by atoms with van der Waals surface area (Å²) in [4.78, 5) is 0. The summed E-state index contributed by atoms with van der Waals surface area (Å²) in [5.41, 5.74) is -0.789. The van der Waals surface area contributed by atoms with Crippen LogP contribution in [0.4, 0.5) is 0 Å². The molecule has 0 atom stereocenters. The molecule has 0 amide bonds. The maximum atomic E-state index is 10.2. The first-order valence-electron chi connectivity index (χ1n) is 4.73. The Morgan fingerprint density at radius 2 is 1.85 bits per heavy atom. The fraction of sp³-hybridized carbons (Fsp3) is 0.800. The molecule has 76 valence electrons. The van der Waals surface area contributed by atoms with Crippen molar-refractivity contribution in [2.75, 3.05) is 14.2 Å². The molecule has 1 aliphatic rings. The first-order chi connectivity index (χ1) is 6.23. The Bertz CT molecular complexity index is 181. The van der Waals surface area contributed by atoms with E-state index in [2.05, 4.69) is 0 Å². The quantitative estimate of drug-likeness (QED) is 0.683. The van der Waals surface area contributed by atoms with Crippen LogP contribution in [0.5, 0.6) is 0 Å². The van der Waals surface area contributed by atoms with Gasteiger partial charge in [0.25, 0.3) is 0 Å². The SMILES string of the molecule is CO/C=C(\OC)C1(O)CCCCC1. The molecule has 0 heterocycles. The average Bonchev–Trinajstić information content (AvgIpc) is 2.15. The topological polar surface area (TPSA) is 38.7 Å². The second-order valence-corrected chi connectivity index (χ2v) is 3.51. The third-order valence-corrected chi connectivity index (χ3v) is 2.58. The van der Waals surface area contributed by atoms with Crippen molar-refractivity contribution in [3.05, 3.63) is 12.0 Å². The summed E-state index contributed by atoms with van der Waals surface area (Å²) in [6.07, 6.45) is 6.35. The van der Waals surface area contributed by atoms with E-state index in [0.717, 1.165) is 25.7 Å². The van der Waals surface area contributed by atoms with Gasteiger partial charge in [-0.2, -0.15) is 0 Å². The van der Waals surface area contributed by atoms with Crippen molar-refractivity contribution in [1.82, 2.24) is 0 Å². The largest absolute Gasteiger partial charge is 0.501 e. The lowest BCUT2D eigenvalue weighted by Gasteiger charge is -2.32. The van der Waals surface area contributed by atoms with Crippen molar-refractivity contribution in [2.45, 2.75) is 37.7 Å². The molecule has 0 aromatic rings. The second kappa shape index (κ2) is 4.51. The van der Waals surface area contributed by atoms with E-state index in [-0.39, 0.29) is 0 Å². The highest BCUT2D eigenvalue weighted by Gasteiger charge is 2.34. The standard InChI is InChI=1S/C10H18O3/c1-12-8-9(13-2)10(11)6-4-3-5-7-10/h8,11H,3-7H2,1-2H3/b9-8-. The number of hydrogen-bond donors (Lipinski definition) is 1. The molecular weight excluding hydrogens is 168 g/mol. The molecule has 1 N–H and O–H groups in total. The molecule has 1 fully saturated rings. The van der Waals surface area contributed by atoms with E-state index in [1.807, 2.05) is 0 Å². The zero-order chi connectivity index (χ0) is 9.73. The fourth-order valence-corrected chi connectivity index (χ4v) is 1.84. The van der Waals surface area contributed by atoms with Crippen LogP contribution in [-0.4, -0.2) is 24.9 Å². The van der Waals surface area contributed by atoms with Gasteiger partial charge < -0.3 is 14.6 Å². The molecule has 0 saturated heterocycles. The molecule has 0 aliphatic heterocycles. The molecule has 3 nitrogen and oxygen atoms in total. The normalized spacial score (nSPS) is 22.5. The van der Waals surface area contributed by atoms with Crippen LogP contribution in [0.3, 0.4) is 0 Å². The molecule has 0 bridgehead atoms. The summed E-state index contributed by atoms with van der Waals surface area (Å²) >= 11 is 0. The Morgan fingerprint density at radius 1 is 1.23 bits per heavy atom. The smallest absolute Gasteiger partial charge is 0.161 e. The van der Waals surface area contributed by atoms with Crippen molar-refractivity contribution >= 4 is 0 Å². The predicted octanol–water partition coefficient (Wildman–Crippen LogP) is 1.82. The second-order valence-electron chi connectivity index (χ2n) is 3.51. The molecule has 1 saturated carbocycles. The number of hydrogen-bond acceptors (Lipinski definition) is 3. The highest BCUT2D eigenvalue weighted by atomic mass is 16.5. The molecule has 3 heteroatoms. The minimum Gasteiger partial charge on any atom is -0.501 e. The van der Waals surface area contributed by atoms with E-state index in [1.54, 1.807) is 14.2 Å². The maximum Gasteiger partial charge on any atom is 0.161 e. The lowest BCUT2D eigenvalue weighted by atomic mass is 9.83. The molecule has 0 aromatic carbocycles. The Kier molecular flexibility index (Phi) is 3.60. The Balaban J connectivity index is 2.69. The molecule has 0 unspecified atom stereocenters. The monoisotopic (exact) mass is 186 g/mol. The van der Waals surface area contributed by atoms with E-state index in [0.29, 0.717) is 5.76 Å². The molecule has 0 radical (unpaired) electrons. The highest BCUT2D eigenvalue weighted by Crippen LogP contribution is 2.34. The van der Waals surface area contributed by atoms with Crippen LogP contribution in [0.25, 0.3) is 0 Å². The van der Waals surface area contributed by atoms with Gasteiger partial charge in [-0.3, -0.25) is 0 Å².